The first kappa shape index (κ1) is 10.9. The summed E-state index contributed by atoms with van der Waals surface area (Å²) in [7, 11) is 4.11. The second-order valence-electron chi connectivity index (χ2n) is 3.82. The highest BCUT2D eigenvalue weighted by molar-refractivity contribution is 5.66. The van der Waals surface area contributed by atoms with Crippen LogP contribution in [0.15, 0.2) is 18.2 Å². The van der Waals surface area contributed by atoms with Crippen molar-refractivity contribution in [2.24, 2.45) is 0 Å². The third-order valence-electron chi connectivity index (χ3n) is 2.08. The van der Waals surface area contributed by atoms with Crippen molar-refractivity contribution in [3.05, 3.63) is 23.8 Å². The van der Waals surface area contributed by atoms with Gasteiger partial charge in [-0.15, -0.1) is 0 Å². The number of hydrogen-bond acceptors (Lipinski definition) is 3. The Morgan fingerprint density at radius 2 is 2.07 bits per heavy atom. The van der Waals surface area contributed by atoms with Gasteiger partial charge in [-0.1, -0.05) is 6.07 Å². The zero-order chi connectivity index (χ0) is 10.6. The molecule has 3 N–H and O–H groups in total. The van der Waals surface area contributed by atoms with Gasteiger partial charge in [-0.25, -0.2) is 0 Å². The van der Waals surface area contributed by atoms with Gasteiger partial charge in [0.2, 0.25) is 0 Å². The molecule has 14 heavy (non-hydrogen) atoms. The number of anilines is 2. The van der Waals surface area contributed by atoms with Crippen molar-refractivity contribution in [3.63, 3.8) is 0 Å². The molecular formula is C11H19N3. The minimum atomic E-state index is 0.814. The van der Waals surface area contributed by atoms with Gasteiger partial charge in [0.15, 0.2) is 0 Å². The Balaban J connectivity index is 2.53. The van der Waals surface area contributed by atoms with E-state index in [1.54, 1.807) is 0 Å². The van der Waals surface area contributed by atoms with Crippen LogP contribution in [0.2, 0.25) is 0 Å². The number of nitrogens with zero attached hydrogens (tertiary/aromatic N) is 1. The van der Waals surface area contributed by atoms with Crippen molar-refractivity contribution in [2.75, 3.05) is 38.2 Å². The molecular weight excluding hydrogens is 174 g/mol. The molecule has 0 aliphatic carbocycles. The van der Waals surface area contributed by atoms with Crippen LogP contribution in [0, 0.1) is 6.92 Å². The van der Waals surface area contributed by atoms with E-state index in [2.05, 4.69) is 37.3 Å². The summed E-state index contributed by atoms with van der Waals surface area (Å²) >= 11 is 0. The number of nitrogens with two attached hydrogens (primary N) is 1. The molecule has 0 fully saturated rings. The van der Waals surface area contributed by atoms with Gasteiger partial charge in [-0.3, -0.25) is 0 Å². The van der Waals surface area contributed by atoms with Crippen molar-refractivity contribution in [3.8, 4) is 0 Å². The number of aryl methyl sites for hydroxylation is 1. The Kier molecular flexibility index (Phi) is 3.77. The number of nitrogens with one attached hydrogen (secondary N) is 1. The summed E-state index contributed by atoms with van der Waals surface area (Å²) in [6.07, 6.45) is 0. The molecule has 0 amide bonds. The number of benzene rings is 1. The molecule has 0 atom stereocenters. The summed E-state index contributed by atoms with van der Waals surface area (Å²) in [6, 6.07) is 6.03. The van der Waals surface area contributed by atoms with E-state index in [1.165, 1.54) is 5.56 Å². The van der Waals surface area contributed by atoms with E-state index in [0.717, 1.165) is 24.5 Å². The zero-order valence-corrected chi connectivity index (χ0v) is 9.17. The maximum Gasteiger partial charge on any atom is 0.0577 e. The lowest BCUT2D eigenvalue weighted by atomic mass is 10.2. The molecule has 0 aliphatic rings. The molecule has 1 aromatic carbocycles. The van der Waals surface area contributed by atoms with E-state index in [1.807, 2.05) is 12.1 Å². The average molecular weight is 193 g/mol. The largest absolute Gasteiger partial charge is 0.397 e. The average Bonchev–Trinajstić information content (AvgIpc) is 2.10. The minimum absolute atomic E-state index is 0.814. The molecule has 0 bridgehead atoms. The second-order valence-corrected chi connectivity index (χ2v) is 3.82. The third kappa shape index (κ3) is 3.26. The quantitative estimate of drug-likeness (QED) is 0.713. The number of rotatable bonds is 4. The van der Waals surface area contributed by atoms with E-state index in [4.69, 9.17) is 5.73 Å². The molecule has 0 heterocycles. The Labute approximate surface area is 85.9 Å². The van der Waals surface area contributed by atoms with Crippen LogP contribution < -0.4 is 11.1 Å². The Morgan fingerprint density at radius 1 is 1.36 bits per heavy atom. The predicted octanol–water partition coefficient (Wildman–Crippen LogP) is 1.55. The summed E-state index contributed by atoms with van der Waals surface area (Å²) < 4.78 is 0. The standard InChI is InChI=1S/C11H19N3/c1-9-4-5-10(12)11(8-9)13-6-7-14(2)3/h4-5,8,13H,6-7,12H2,1-3H3. The van der Waals surface area contributed by atoms with Gasteiger partial charge in [0, 0.05) is 13.1 Å². The van der Waals surface area contributed by atoms with E-state index in [9.17, 15) is 0 Å². The van der Waals surface area contributed by atoms with E-state index >= 15 is 0 Å². The summed E-state index contributed by atoms with van der Waals surface area (Å²) in [5.74, 6) is 0. The Hall–Kier alpha value is -1.22. The molecule has 78 valence electrons. The lowest BCUT2D eigenvalue weighted by Gasteiger charge is -2.13. The molecule has 1 rings (SSSR count). The van der Waals surface area contributed by atoms with Gasteiger partial charge < -0.3 is 16.0 Å². The fraction of sp³-hybridized carbons (Fsp3) is 0.455. The first-order chi connectivity index (χ1) is 6.59. The molecule has 0 saturated carbocycles. The van der Waals surface area contributed by atoms with Crippen molar-refractivity contribution in [2.45, 2.75) is 6.92 Å². The van der Waals surface area contributed by atoms with E-state index in [0.29, 0.717) is 0 Å². The molecule has 0 saturated heterocycles. The molecule has 0 aliphatic heterocycles. The predicted molar refractivity (Wildman–Crippen MR) is 62.6 cm³/mol. The molecule has 1 aromatic rings. The monoisotopic (exact) mass is 193 g/mol. The highest BCUT2D eigenvalue weighted by Gasteiger charge is 1.98. The van der Waals surface area contributed by atoms with Crippen LogP contribution in [-0.4, -0.2) is 32.1 Å². The second kappa shape index (κ2) is 4.86. The Bertz CT molecular complexity index is 295. The summed E-state index contributed by atoms with van der Waals surface area (Å²) in [5.41, 5.74) is 8.91. The normalized spacial score (nSPS) is 10.6. The SMILES string of the molecule is Cc1ccc(N)c(NCCN(C)C)c1. The topological polar surface area (TPSA) is 41.3 Å². The van der Waals surface area contributed by atoms with Crippen LogP contribution in [0.4, 0.5) is 11.4 Å². The molecule has 0 unspecified atom stereocenters. The third-order valence-corrected chi connectivity index (χ3v) is 2.08. The highest BCUT2D eigenvalue weighted by atomic mass is 15.1. The molecule has 3 nitrogen and oxygen atoms in total. The first-order valence-electron chi connectivity index (χ1n) is 4.84. The van der Waals surface area contributed by atoms with Gasteiger partial charge in [0.1, 0.15) is 0 Å². The minimum Gasteiger partial charge on any atom is -0.397 e. The highest BCUT2D eigenvalue weighted by Crippen LogP contribution is 2.18. The molecule has 0 radical (unpaired) electrons. The van der Waals surface area contributed by atoms with Crippen LogP contribution in [0.25, 0.3) is 0 Å². The summed E-state index contributed by atoms with van der Waals surface area (Å²) in [4.78, 5) is 2.14. The van der Waals surface area contributed by atoms with Crippen molar-refractivity contribution < 1.29 is 0 Å². The van der Waals surface area contributed by atoms with Gasteiger partial charge >= 0.3 is 0 Å². The summed E-state index contributed by atoms with van der Waals surface area (Å²) in [6.45, 7) is 3.99. The number of nitrogen functional groups attached to an aromatic ring is 1. The first-order valence-corrected chi connectivity index (χ1v) is 4.84. The van der Waals surface area contributed by atoms with Crippen LogP contribution in [0.3, 0.4) is 0 Å². The van der Waals surface area contributed by atoms with Crippen molar-refractivity contribution in [1.82, 2.24) is 4.90 Å². The van der Waals surface area contributed by atoms with Crippen LogP contribution >= 0.6 is 0 Å². The molecule has 3 heteroatoms. The van der Waals surface area contributed by atoms with Gasteiger partial charge in [-0.05, 0) is 38.7 Å². The van der Waals surface area contributed by atoms with Crippen molar-refractivity contribution in [1.29, 1.82) is 0 Å². The molecule has 0 aromatic heterocycles. The smallest absolute Gasteiger partial charge is 0.0577 e. The number of hydrogen-bond donors (Lipinski definition) is 2. The fourth-order valence-electron chi connectivity index (χ4n) is 1.24. The Morgan fingerprint density at radius 3 is 2.71 bits per heavy atom. The van der Waals surface area contributed by atoms with Crippen LogP contribution in [-0.2, 0) is 0 Å². The number of likely N-dealkylation sites (N-methyl/N-ethyl adjacent to an activating group) is 1. The van der Waals surface area contributed by atoms with Gasteiger partial charge in [0.25, 0.3) is 0 Å². The fourth-order valence-corrected chi connectivity index (χ4v) is 1.24. The molecule has 0 spiro atoms. The van der Waals surface area contributed by atoms with Gasteiger partial charge in [0.05, 0.1) is 11.4 Å². The van der Waals surface area contributed by atoms with E-state index < -0.39 is 0 Å². The maximum atomic E-state index is 5.83. The van der Waals surface area contributed by atoms with Crippen LogP contribution in [0.5, 0.6) is 0 Å². The lowest BCUT2D eigenvalue weighted by molar-refractivity contribution is 0.425. The summed E-state index contributed by atoms with van der Waals surface area (Å²) in [5, 5.41) is 3.32. The van der Waals surface area contributed by atoms with E-state index in [-0.39, 0.29) is 0 Å². The zero-order valence-electron chi connectivity index (χ0n) is 9.17. The van der Waals surface area contributed by atoms with Crippen molar-refractivity contribution >= 4 is 11.4 Å². The lowest BCUT2D eigenvalue weighted by Crippen LogP contribution is -2.21. The maximum absolute atomic E-state index is 5.83. The van der Waals surface area contributed by atoms with Crippen LogP contribution in [0.1, 0.15) is 5.56 Å². The van der Waals surface area contributed by atoms with Gasteiger partial charge in [-0.2, -0.15) is 0 Å².